The van der Waals surface area contributed by atoms with E-state index >= 15 is 0 Å². The van der Waals surface area contributed by atoms with E-state index in [1.807, 2.05) is 25.7 Å². The maximum atomic E-state index is 14.3. The molecule has 5 heterocycles. The molecule has 6 rings (SSSR count). The van der Waals surface area contributed by atoms with Crippen molar-refractivity contribution in [3.8, 4) is 17.1 Å². The number of piperazine rings is 1. The first-order chi connectivity index (χ1) is 21.3. The van der Waals surface area contributed by atoms with Gasteiger partial charge in [0.2, 0.25) is 5.88 Å². The number of nitrogens with one attached hydrogen (secondary N) is 1. The number of rotatable bonds is 6. The fourth-order valence-electron chi connectivity index (χ4n) is 5.77. The van der Waals surface area contributed by atoms with Crippen LogP contribution in [0.3, 0.4) is 0 Å². The molecule has 15 heteroatoms. The van der Waals surface area contributed by atoms with Crippen LogP contribution in [0.15, 0.2) is 53.8 Å². The summed E-state index contributed by atoms with van der Waals surface area (Å²) in [4.78, 5) is 33.7. The van der Waals surface area contributed by atoms with Crippen molar-refractivity contribution in [1.82, 2.24) is 24.8 Å². The van der Waals surface area contributed by atoms with Gasteiger partial charge in [0.15, 0.2) is 10.7 Å². The summed E-state index contributed by atoms with van der Waals surface area (Å²) in [5.41, 5.74) is 1.17. The van der Waals surface area contributed by atoms with Gasteiger partial charge in [-0.3, -0.25) is 9.62 Å². The minimum Gasteiger partial charge on any atom is -0.480 e. The lowest BCUT2D eigenvalue weighted by molar-refractivity contribution is 0.0123. The highest BCUT2D eigenvalue weighted by Crippen LogP contribution is 2.36. The first-order valence-corrected chi connectivity index (χ1v) is 15.7. The molecule has 0 radical (unpaired) electrons. The third-order valence-electron chi connectivity index (χ3n) is 7.62. The Hall–Kier alpha value is -4.66. The Kier molecular flexibility index (Phi) is 7.67. The Morgan fingerprint density at radius 3 is 2.36 bits per heavy atom. The predicted octanol–water partition coefficient (Wildman–Crippen LogP) is 4.76. The number of halogens is 2. The molecular formula is C30H31F2N7O5S. The van der Waals surface area contributed by atoms with Crippen LogP contribution in [-0.4, -0.2) is 77.2 Å². The van der Waals surface area contributed by atoms with Gasteiger partial charge in [0.25, 0.3) is 10.0 Å². The number of fused-ring (bicyclic) bond motifs is 3. The molecule has 0 aliphatic carbocycles. The third kappa shape index (κ3) is 5.91. The van der Waals surface area contributed by atoms with Gasteiger partial charge >= 0.3 is 6.09 Å². The summed E-state index contributed by atoms with van der Waals surface area (Å²) < 4.78 is 67.7. The molecule has 236 valence electrons. The van der Waals surface area contributed by atoms with E-state index in [2.05, 4.69) is 24.6 Å². The van der Waals surface area contributed by atoms with Crippen LogP contribution < -0.4 is 14.4 Å². The first kappa shape index (κ1) is 30.4. The topological polar surface area (TPSA) is 140 Å². The smallest absolute Gasteiger partial charge is 0.410 e. The monoisotopic (exact) mass is 639 g/mol. The Morgan fingerprint density at radius 2 is 1.71 bits per heavy atom. The second kappa shape index (κ2) is 11.4. The molecule has 2 atom stereocenters. The minimum atomic E-state index is -4.69. The van der Waals surface area contributed by atoms with Gasteiger partial charge in [-0.05, 0) is 63.9 Å². The zero-order chi connectivity index (χ0) is 32.1. The fraction of sp³-hybridized carbons (Fsp3) is 0.367. The molecule has 2 aliphatic rings. The largest absolute Gasteiger partial charge is 0.480 e. The van der Waals surface area contributed by atoms with Gasteiger partial charge in [0, 0.05) is 24.8 Å². The summed E-state index contributed by atoms with van der Waals surface area (Å²) in [6.45, 7) is 6.61. The van der Waals surface area contributed by atoms with Crippen LogP contribution in [0.1, 0.15) is 33.6 Å². The maximum Gasteiger partial charge on any atom is 0.410 e. The summed E-state index contributed by atoms with van der Waals surface area (Å²) in [7, 11) is -3.40. The van der Waals surface area contributed by atoms with Gasteiger partial charge in [-0.15, -0.1) is 0 Å². The number of carbonyl (C=O) groups is 1. The summed E-state index contributed by atoms with van der Waals surface area (Å²) in [5.74, 6) is -1.99. The Labute approximate surface area is 258 Å². The normalized spacial score (nSPS) is 18.3. The number of methoxy groups -OCH3 is 1. The van der Waals surface area contributed by atoms with Crippen molar-refractivity contribution in [1.29, 1.82) is 0 Å². The number of benzene rings is 1. The first-order valence-electron chi connectivity index (χ1n) is 14.2. The molecule has 1 aromatic carbocycles. The molecule has 45 heavy (non-hydrogen) atoms. The van der Waals surface area contributed by atoms with Crippen molar-refractivity contribution in [3.63, 3.8) is 0 Å². The zero-order valence-corrected chi connectivity index (χ0v) is 25.8. The molecule has 2 saturated heterocycles. The van der Waals surface area contributed by atoms with Crippen LogP contribution in [0.5, 0.6) is 5.88 Å². The lowest BCUT2D eigenvalue weighted by Crippen LogP contribution is -2.57. The standard InChI is InChI=1S/C30H31F2N7O5S/c1-30(2,3)44-29(40)39-18-8-9-19(39)15-38(14-18)27-25-23(34-16-35-27)11-10-22(36-25)17-12-24(28(43-4)33-13-17)37-45(41,42)26-20(31)6-5-7-21(26)32/h5-7,10-13,16,18-19,37H,8-9,14-15H2,1-4H3. The van der Waals surface area contributed by atoms with Crippen molar-refractivity contribution < 1.29 is 31.5 Å². The van der Waals surface area contributed by atoms with Gasteiger partial charge in [0.1, 0.15) is 34.8 Å². The number of hydrogen-bond donors (Lipinski definition) is 1. The molecule has 2 fully saturated rings. The quantitative estimate of drug-likeness (QED) is 0.314. The van der Waals surface area contributed by atoms with E-state index in [0.717, 1.165) is 31.0 Å². The average Bonchev–Trinajstić information content (AvgIpc) is 3.24. The fourth-order valence-corrected chi connectivity index (χ4v) is 6.96. The highest BCUT2D eigenvalue weighted by molar-refractivity contribution is 7.92. The number of hydrogen-bond acceptors (Lipinski definition) is 10. The number of ether oxygens (including phenoxy) is 2. The SMILES string of the molecule is COc1ncc(-c2ccc3ncnc(N4CC5CCC(C4)N5C(=O)OC(C)(C)C)c3n2)cc1NS(=O)(=O)c1c(F)cccc1F. The van der Waals surface area contributed by atoms with Crippen molar-refractivity contribution >= 4 is 38.7 Å². The third-order valence-corrected chi connectivity index (χ3v) is 9.04. The lowest BCUT2D eigenvalue weighted by atomic mass is 10.1. The number of carbonyl (C=O) groups excluding carboxylic acids is 1. The van der Waals surface area contributed by atoms with Crippen molar-refractivity contribution in [2.24, 2.45) is 0 Å². The Morgan fingerprint density at radius 1 is 1.02 bits per heavy atom. The van der Waals surface area contributed by atoms with Crippen LogP contribution in [0, 0.1) is 11.6 Å². The minimum absolute atomic E-state index is 0.0487. The maximum absolute atomic E-state index is 14.3. The average molecular weight is 640 g/mol. The van der Waals surface area contributed by atoms with Crippen LogP contribution in [0.25, 0.3) is 22.3 Å². The lowest BCUT2D eigenvalue weighted by Gasteiger charge is -2.41. The molecule has 12 nitrogen and oxygen atoms in total. The van der Waals surface area contributed by atoms with Crippen LogP contribution >= 0.6 is 0 Å². The van der Waals surface area contributed by atoms with Gasteiger partial charge < -0.3 is 14.4 Å². The zero-order valence-electron chi connectivity index (χ0n) is 25.0. The Balaban J connectivity index is 1.32. The van der Waals surface area contributed by atoms with Crippen molar-refractivity contribution in [2.45, 2.75) is 56.2 Å². The molecule has 4 aromatic rings. The van der Waals surface area contributed by atoms with Gasteiger partial charge in [-0.2, -0.15) is 0 Å². The molecule has 2 aliphatic heterocycles. The van der Waals surface area contributed by atoms with Crippen LogP contribution in [0.2, 0.25) is 0 Å². The number of sulfonamides is 1. The molecular weight excluding hydrogens is 608 g/mol. The van der Waals surface area contributed by atoms with Gasteiger partial charge in [-0.25, -0.2) is 41.9 Å². The van der Waals surface area contributed by atoms with Crippen molar-refractivity contribution in [2.75, 3.05) is 29.8 Å². The summed E-state index contributed by atoms with van der Waals surface area (Å²) >= 11 is 0. The molecule has 1 amide bonds. The summed E-state index contributed by atoms with van der Waals surface area (Å²) in [6, 6.07) is 7.55. The number of anilines is 2. The highest BCUT2D eigenvalue weighted by Gasteiger charge is 2.45. The van der Waals surface area contributed by atoms with Gasteiger partial charge in [0.05, 0.1) is 30.4 Å². The predicted molar refractivity (Wildman–Crippen MR) is 161 cm³/mol. The summed E-state index contributed by atoms with van der Waals surface area (Å²) in [6.07, 6.45) is 4.27. The van der Waals surface area contributed by atoms with Crippen LogP contribution in [0.4, 0.5) is 25.1 Å². The molecule has 2 bridgehead atoms. The number of amides is 1. The van der Waals surface area contributed by atoms with E-state index in [1.54, 1.807) is 12.1 Å². The van der Waals surface area contributed by atoms with E-state index in [9.17, 15) is 22.0 Å². The van der Waals surface area contributed by atoms with E-state index in [-0.39, 0.29) is 29.7 Å². The van der Waals surface area contributed by atoms with E-state index < -0.39 is 32.2 Å². The number of nitrogens with zero attached hydrogens (tertiary/aromatic N) is 6. The van der Waals surface area contributed by atoms with Crippen molar-refractivity contribution in [3.05, 3.63) is 60.6 Å². The van der Waals surface area contributed by atoms with Crippen LogP contribution in [-0.2, 0) is 14.8 Å². The number of pyridine rings is 2. The molecule has 3 aromatic heterocycles. The second-order valence-electron chi connectivity index (χ2n) is 11.9. The Bertz CT molecular complexity index is 1870. The highest BCUT2D eigenvalue weighted by atomic mass is 32.2. The van der Waals surface area contributed by atoms with E-state index in [1.165, 1.54) is 25.7 Å². The summed E-state index contributed by atoms with van der Waals surface area (Å²) in [5, 5.41) is 0. The van der Waals surface area contributed by atoms with E-state index in [4.69, 9.17) is 14.5 Å². The number of aromatic nitrogens is 4. The van der Waals surface area contributed by atoms with E-state index in [0.29, 0.717) is 41.2 Å². The molecule has 1 N–H and O–H groups in total. The molecule has 0 saturated carbocycles. The second-order valence-corrected chi connectivity index (χ2v) is 13.5. The molecule has 2 unspecified atom stereocenters. The van der Waals surface area contributed by atoms with Gasteiger partial charge in [-0.1, -0.05) is 6.07 Å². The molecule has 0 spiro atoms.